The van der Waals surface area contributed by atoms with Crippen molar-refractivity contribution < 1.29 is 36.2 Å². The Balaban J connectivity index is 3.33. The van der Waals surface area contributed by atoms with Crippen LogP contribution in [0.2, 0.25) is 0 Å². The summed E-state index contributed by atoms with van der Waals surface area (Å²) in [6.07, 6.45) is -9.64. The molecule has 1 aromatic carbocycles. The van der Waals surface area contributed by atoms with Gasteiger partial charge in [-0.1, -0.05) is 18.2 Å². The second-order valence-corrected chi connectivity index (χ2v) is 4.44. The highest BCUT2D eigenvalue weighted by atomic mass is 19.4. The second-order valence-electron chi connectivity index (χ2n) is 4.44. The Hall–Kier alpha value is -1.77. The number of rotatable bonds is 4. The van der Waals surface area contributed by atoms with Crippen molar-refractivity contribution in [1.29, 1.82) is 0 Å². The average Bonchev–Trinajstić information content (AvgIpc) is 2.34. The standard InChI is InChI=1S/C12H11F6NO2/c1-10(9(20)21,19-6-11(13,14)15)7-4-2-3-5-8(7)12(16,17)18/h2-5,19H,6H2,1H3,(H,20,21). The maximum atomic E-state index is 12.9. The third kappa shape index (κ3) is 4.10. The monoisotopic (exact) mass is 315 g/mol. The molecule has 21 heavy (non-hydrogen) atoms. The van der Waals surface area contributed by atoms with E-state index in [0.717, 1.165) is 25.1 Å². The first-order chi connectivity index (χ1) is 9.38. The summed E-state index contributed by atoms with van der Waals surface area (Å²) in [5, 5.41) is 10.7. The molecule has 0 saturated carbocycles. The Morgan fingerprint density at radius 1 is 1.10 bits per heavy atom. The van der Waals surface area contributed by atoms with Crippen LogP contribution in [0.25, 0.3) is 0 Å². The van der Waals surface area contributed by atoms with E-state index in [1.807, 2.05) is 0 Å². The van der Waals surface area contributed by atoms with E-state index in [1.165, 1.54) is 0 Å². The van der Waals surface area contributed by atoms with Crippen LogP contribution in [0.1, 0.15) is 18.1 Å². The quantitative estimate of drug-likeness (QED) is 0.839. The van der Waals surface area contributed by atoms with E-state index in [0.29, 0.717) is 6.07 Å². The third-order valence-electron chi connectivity index (χ3n) is 2.84. The number of halogens is 6. The lowest BCUT2D eigenvalue weighted by atomic mass is 9.87. The predicted octanol–water partition coefficient (Wildman–Crippen LogP) is 3.16. The molecular formula is C12H11F6NO2. The molecule has 1 unspecified atom stereocenters. The number of carboxylic acid groups (broad SMARTS) is 1. The maximum Gasteiger partial charge on any atom is 0.416 e. The molecule has 0 aromatic heterocycles. The Bertz CT molecular complexity index is 525. The second kappa shape index (κ2) is 5.55. The summed E-state index contributed by atoms with van der Waals surface area (Å²) >= 11 is 0. The molecule has 2 N–H and O–H groups in total. The van der Waals surface area contributed by atoms with E-state index in [9.17, 15) is 31.1 Å². The molecule has 0 heterocycles. The fourth-order valence-corrected chi connectivity index (χ4v) is 1.73. The van der Waals surface area contributed by atoms with Crippen LogP contribution >= 0.6 is 0 Å². The summed E-state index contributed by atoms with van der Waals surface area (Å²) in [6.45, 7) is -0.979. The Morgan fingerprint density at radius 3 is 1.95 bits per heavy atom. The van der Waals surface area contributed by atoms with Crippen molar-refractivity contribution >= 4 is 5.97 Å². The lowest BCUT2D eigenvalue weighted by molar-refractivity contribution is -0.151. The minimum Gasteiger partial charge on any atom is -0.480 e. The Labute approximate surface area is 115 Å². The molecule has 0 radical (unpaired) electrons. The Kier molecular flexibility index (Phi) is 4.57. The van der Waals surface area contributed by atoms with Crippen LogP contribution in [0.15, 0.2) is 24.3 Å². The lowest BCUT2D eigenvalue weighted by Crippen LogP contribution is -2.50. The summed E-state index contributed by atoms with van der Waals surface area (Å²) in [6, 6.07) is 3.60. The van der Waals surface area contributed by atoms with Crippen molar-refractivity contribution in [3.63, 3.8) is 0 Å². The van der Waals surface area contributed by atoms with Crippen molar-refractivity contribution in [3.8, 4) is 0 Å². The summed E-state index contributed by atoms with van der Waals surface area (Å²) in [5.74, 6) is -1.84. The van der Waals surface area contributed by atoms with Crippen molar-refractivity contribution in [1.82, 2.24) is 5.32 Å². The molecule has 0 amide bonds. The summed E-state index contributed by atoms with van der Waals surface area (Å²) in [4.78, 5) is 11.2. The highest BCUT2D eigenvalue weighted by Crippen LogP contribution is 2.37. The van der Waals surface area contributed by atoms with Crippen molar-refractivity contribution in [3.05, 3.63) is 35.4 Å². The zero-order chi connectivity index (χ0) is 16.5. The van der Waals surface area contributed by atoms with Crippen LogP contribution in [0.4, 0.5) is 26.3 Å². The summed E-state index contributed by atoms with van der Waals surface area (Å²) in [5.41, 5.74) is -4.61. The first-order valence-electron chi connectivity index (χ1n) is 5.60. The highest BCUT2D eigenvalue weighted by Gasteiger charge is 2.45. The number of aliphatic carboxylic acids is 1. The largest absolute Gasteiger partial charge is 0.480 e. The zero-order valence-corrected chi connectivity index (χ0v) is 10.6. The normalized spacial score (nSPS) is 15.6. The molecule has 0 aliphatic heterocycles. The molecular weight excluding hydrogens is 304 g/mol. The van der Waals surface area contributed by atoms with Gasteiger partial charge < -0.3 is 5.11 Å². The molecule has 1 atom stereocenters. The van der Waals surface area contributed by atoms with Gasteiger partial charge in [0.15, 0.2) is 0 Å². The number of alkyl halides is 6. The van der Waals surface area contributed by atoms with Crippen LogP contribution in [0, 0.1) is 0 Å². The minimum absolute atomic E-state index is 0.617. The Morgan fingerprint density at radius 2 is 1.57 bits per heavy atom. The van der Waals surface area contributed by atoms with Crippen molar-refractivity contribution in [2.75, 3.05) is 6.54 Å². The van der Waals surface area contributed by atoms with Gasteiger partial charge in [-0.2, -0.15) is 26.3 Å². The van der Waals surface area contributed by atoms with Gasteiger partial charge in [-0.05, 0) is 18.6 Å². The molecule has 0 aliphatic rings. The van der Waals surface area contributed by atoms with Crippen LogP contribution in [-0.4, -0.2) is 23.8 Å². The van der Waals surface area contributed by atoms with Gasteiger partial charge in [0.1, 0.15) is 5.54 Å². The average molecular weight is 315 g/mol. The van der Waals surface area contributed by atoms with Gasteiger partial charge in [0, 0.05) is 0 Å². The van der Waals surface area contributed by atoms with Gasteiger partial charge >= 0.3 is 18.3 Å². The van der Waals surface area contributed by atoms with E-state index >= 15 is 0 Å². The van der Waals surface area contributed by atoms with Crippen molar-refractivity contribution in [2.45, 2.75) is 24.8 Å². The fraction of sp³-hybridized carbons (Fsp3) is 0.417. The number of carbonyl (C=O) groups is 1. The fourth-order valence-electron chi connectivity index (χ4n) is 1.73. The molecule has 0 bridgehead atoms. The van der Waals surface area contributed by atoms with Crippen LogP contribution in [0.5, 0.6) is 0 Å². The van der Waals surface area contributed by atoms with Crippen LogP contribution in [0.3, 0.4) is 0 Å². The van der Waals surface area contributed by atoms with Gasteiger partial charge in [0.2, 0.25) is 0 Å². The van der Waals surface area contributed by atoms with Crippen LogP contribution in [-0.2, 0) is 16.5 Å². The predicted molar refractivity (Wildman–Crippen MR) is 60.5 cm³/mol. The molecule has 0 spiro atoms. The number of nitrogens with one attached hydrogen (secondary N) is 1. The number of carboxylic acids is 1. The molecule has 1 rings (SSSR count). The number of hydrogen-bond donors (Lipinski definition) is 2. The molecule has 0 fully saturated rings. The molecule has 9 heteroatoms. The number of benzene rings is 1. The van der Waals surface area contributed by atoms with Gasteiger partial charge in [0.05, 0.1) is 12.1 Å². The zero-order valence-electron chi connectivity index (χ0n) is 10.6. The van der Waals surface area contributed by atoms with E-state index < -0.39 is 41.5 Å². The third-order valence-corrected chi connectivity index (χ3v) is 2.84. The molecule has 1 aromatic rings. The molecule has 0 saturated heterocycles. The van der Waals surface area contributed by atoms with Gasteiger partial charge in [-0.3, -0.25) is 5.32 Å². The van der Waals surface area contributed by atoms with E-state index in [2.05, 4.69) is 0 Å². The molecule has 118 valence electrons. The van der Waals surface area contributed by atoms with Gasteiger partial charge in [0.25, 0.3) is 0 Å². The molecule has 3 nitrogen and oxygen atoms in total. The first-order valence-corrected chi connectivity index (χ1v) is 5.60. The smallest absolute Gasteiger partial charge is 0.416 e. The van der Waals surface area contributed by atoms with E-state index in [1.54, 1.807) is 5.32 Å². The van der Waals surface area contributed by atoms with E-state index in [-0.39, 0.29) is 0 Å². The number of hydrogen-bond acceptors (Lipinski definition) is 2. The van der Waals surface area contributed by atoms with Gasteiger partial charge in [-0.25, -0.2) is 4.79 Å². The van der Waals surface area contributed by atoms with E-state index in [4.69, 9.17) is 5.11 Å². The van der Waals surface area contributed by atoms with Crippen molar-refractivity contribution in [2.24, 2.45) is 0 Å². The lowest BCUT2D eigenvalue weighted by Gasteiger charge is -2.30. The molecule has 0 aliphatic carbocycles. The van der Waals surface area contributed by atoms with Crippen LogP contribution < -0.4 is 5.32 Å². The summed E-state index contributed by atoms with van der Waals surface area (Å²) in [7, 11) is 0. The summed E-state index contributed by atoms with van der Waals surface area (Å²) < 4.78 is 75.3. The SMILES string of the molecule is CC(NCC(F)(F)F)(C(=O)O)c1ccccc1C(F)(F)F. The topological polar surface area (TPSA) is 49.3 Å². The van der Waals surface area contributed by atoms with Gasteiger partial charge in [-0.15, -0.1) is 0 Å². The first kappa shape index (κ1) is 17.3. The maximum absolute atomic E-state index is 12.9. The minimum atomic E-state index is -4.88. The highest BCUT2D eigenvalue weighted by molar-refractivity contribution is 5.81.